The van der Waals surface area contributed by atoms with E-state index < -0.39 is 40.8 Å². The maximum atomic E-state index is 13.5. The van der Waals surface area contributed by atoms with Gasteiger partial charge in [0.2, 0.25) is 5.91 Å². The quantitative estimate of drug-likeness (QED) is 0.177. The molecule has 176 valence electrons. The van der Waals surface area contributed by atoms with Gasteiger partial charge in [0.25, 0.3) is 10.2 Å². The number of nitrogens with two attached hydrogens (primary N) is 2. The first-order valence-electron chi connectivity index (χ1n) is 10.6. The maximum Gasteiger partial charge on any atom is 0.451 e. The van der Waals surface area contributed by atoms with E-state index in [0.29, 0.717) is 25.7 Å². The summed E-state index contributed by atoms with van der Waals surface area (Å²) in [5.41, 5.74) is 9.96. The summed E-state index contributed by atoms with van der Waals surface area (Å²) in [6.45, 7) is 1.14. The summed E-state index contributed by atoms with van der Waals surface area (Å²) in [5.74, 6) is -2.29. The highest BCUT2D eigenvalue weighted by Crippen LogP contribution is 2.42. The fraction of sp³-hybridized carbons (Fsp3) is 0.882. The molecule has 12 nitrogen and oxygen atoms in total. The van der Waals surface area contributed by atoms with Gasteiger partial charge in [-0.15, -0.1) is 0 Å². The molecule has 0 spiro atoms. The van der Waals surface area contributed by atoms with Crippen molar-refractivity contribution < 1.29 is 33.2 Å². The predicted molar refractivity (Wildman–Crippen MR) is 112 cm³/mol. The van der Waals surface area contributed by atoms with Crippen molar-refractivity contribution in [3.63, 3.8) is 0 Å². The maximum absolute atomic E-state index is 13.5. The Labute approximate surface area is 182 Å². The van der Waals surface area contributed by atoms with Crippen LogP contribution >= 0.6 is 0 Å². The van der Waals surface area contributed by atoms with Crippen LogP contribution in [0.5, 0.6) is 0 Å². The van der Waals surface area contributed by atoms with Crippen molar-refractivity contribution in [2.45, 2.75) is 75.1 Å². The molecule has 0 unspecified atom stereocenters. The average molecular weight is 461 g/mol. The van der Waals surface area contributed by atoms with Crippen molar-refractivity contribution in [2.75, 3.05) is 13.1 Å². The molecule has 14 heteroatoms. The van der Waals surface area contributed by atoms with Crippen LogP contribution in [-0.2, 0) is 19.8 Å². The van der Waals surface area contributed by atoms with Crippen LogP contribution in [0.1, 0.15) is 39.0 Å². The molecule has 2 aliphatic carbocycles. The molecule has 1 aliphatic heterocycles. The second-order valence-corrected chi connectivity index (χ2v) is 10.9. The van der Waals surface area contributed by atoms with Crippen molar-refractivity contribution in [3.8, 4) is 0 Å². The van der Waals surface area contributed by atoms with Crippen molar-refractivity contribution in [1.29, 1.82) is 0 Å². The van der Waals surface area contributed by atoms with Crippen LogP contribution in [0.4, 0.5) is 0 Å². The van der Waals surface area contributed by atoms with Gasteiger partial charge in [-0.2, -0.15) is 17.0 Å². The lowest BCUT2D eigenvalue weighted by molar-refractivity contribution is -0.144. The second kappa shape index (κ2) is 8.92. The molecule has 0 aromatic heterocycles. The lowest BCUT2D eigenvalue weighted by Gasteiger charge is -2.28. The smallest absolute Gasteiger partial charge is 0.451 e. The zero-order valence-corrected chi connectivity index (χ0v) is 18.4. The number of carbonyl (C=O) groups excluding carboxylic acids is 1. The minimum absolute atomic E-state index is 0.0518. The summed E-state index contributed by atoms with van der Waals surface area (Å²) < 4.78 is 29.5. The highest BCUT2D eigenvalue weighted by atomic mass is 32.2. The number of carboxylic acid groups (broad SMARTS) is 1. The number of nitrogens with zero attached hydrogens (tertiary/aromatic N) is 2. The molecule has 8 N–H and O–H groups in total. The van der Waals surface area contributed by atoms with E-state index >= 15 is 0 Å². The SMILES string of the molecule is C[C@H](N)C(=O)N[C@H]1C[C@@H]1N(C1CC1)S(=O)(=O)N1C[C@H](CCCB(O)O)[C@](N)(C(=O)O)C1. The largest absolute Gasteiger partial charge is 0.480 e. The molecule has 5 atom stereocenters. The summed E-state index contributed by atoms with van der Waals surface area (Å²) in [5, 5.41) is 30.5. The molecular weight excluding hydrogens is 429 g/mol. The van der Waals surface area contributed by atoms with E-state index in [0.717, 1.165) is 4.31 Å². The zero-order valence-electron chi connectivity index (χ0n) is 17.6. The van der Waals surface area contributed by atoms with Crippen molar-refractivity contribution in [1.82, 2.24) is 13.9 Å². The fourth-order valence-electron chi connectivity index (χ4n) is 4.23. The molecule has 2 saturated carbocycles. The molecule has 1 heterocycles. The Hall–Kier alpha value is -1.29. The van der Waals surface area contributed by atoms with Gasteiger partial charge in [-0.25, -0.2) is 0 Å². The Morgan fingerprint density at radius 1 is 1.35 bits per heavy atom. The first-order valence-corrected chi connectivity index (χ1v) is 12.0. The van der Waals surface area contributed by atoms with E-state index in [4.69, 9.17) is 21.5 Å². The Kier molecular flexibility index (Phi) is 7.01. The first kappa shape index (κ1) is 24.4. The number of aliphatic carboxylic acids is 1. The number of amides is 1. The molecule has 0 bridgehead atoms. The molecule has 1 saturated heterocycles. The van der Waals surface area contributed by atoms with Gasteiger partial charge < -0.3 is 31.9 Å². The van der Waals surface area contributed by atoms with E-state index in [1.165, 1.54) is 4.31 Å². The van der Waals surface area contributed by atoms with Gasteiger partial charge in [-0.1, -0.05) is 6.42 Å². The summed E-state index contributed by atoms with van der Waals surface area (Å²) in [6, 6.07) is -1.58. The van der Waals surface area contributed by atoms with Gasteiger partial charge in [0.1, 0.15) is 5.54 Å². The predicted octanol–water partition coefficient (Wildman–Crippen LogP) is -2.73. The van der Waals surface area contributed by atoms with E-state index in [9.17, 15) is 23.1 Å². The molecule has 0 radical (unpaired) electrons. The Bertz CT molecular complexity index is 809. The molecule has 1 amide bonds. The minimum atomic E-state index is -4.00. The number of hydrogen-bond acceptors (Lipinski definition) is 8. The number of nitrogens with one attached hydrogen (secondary N) is 1. The molecule has 3 aliphatic rings. The Morgan fingerprint density at radius 2 is 2.00 bits per heavy atom. The third-order valence-electron chi connectivity index (χ3n) is 6.33. The van der Waals surface area contributed by atoms with E-state index in [1.807, 2.05) is 0 Å². The Balaban J connectivity index is 1.73. The number of rotatable bonds is 11. The molecule has 3 fully saturated rings. The zero-order chi connectivity index (χ0) is 23.1. The highest BCUT2D eigenvalue weighted by molar-refractivity contribution is 7.86. The lowest BCUT2D eigenvalue weighted by Crippen LogP contribution is -2.56. The third-order valence-corrected chi connectivity index (χ3v) is 8.36. The van der Waals surface area contributed by atoms with Crippen LogP contribution < -0.4 is 16.8 Å². The standard InChI is InChI=1S/C17H32BN5O7S/c1-10(19)15(24)21-13-7-14(13)23(12-4-5-12)31(29,30)22-8-11(3-2-6-18(27)28)17(20,9-22)16(25)26/h10-14,27-28H,2-9,19-20H2,1H3,(H,21,24)(H,25,26)/t10-,11-,13-,14-,17-/m0/s1. The minimum Gasteiger partial charge on any atom is -0.480 e. The van der Waals surface area contributed by atoms with Crippen LogP contribution in [0.3, 0.4) is 0 Å². The van der Waals surface area contributed by atoms with Crippen molar-refractivity contribution in [3.05, 3.63) is 0 Å². The molecular formula is C17H32BN5O7S. The van der Waals surface area contributed by atoms with Gasteiger partial charge in [0, 0.05) is 37.1 Å². The normalized spacial score (nSPS) is 32.1. The van der Waals surface area contributed by atoms with E-state index in [2.05, 4.69) is 5.32 Å². The van der Waals surface area contributed by atoms with Gasteiger partial charge >= 0.3 is 13.1 Å². The second-order valence-electron chi connectivity index (χ2n) is 9.02. The molecule has 31 heavy (non-hydrogen) atoms. The third kappa shape index (κ3) is 5.21. The summed E-state index contributed by atoms with van der Waals surface area (Å²) in [4.78, 5) is 23.8. The van der Waals surface area contributed by atoms with Crippen LogP contribution in [0.25, 0.3) is 0 Å². The molecule has 0 aromatic carbocycles. The topological polar surface area (TPSA) is 200 Å². The summed E-state index contributed by atoms with van der Waals surface area (Å²) in [7, 11) is -5.51. The van der Waals surface area contributed by atoms with Gasteiger partial charge in [0.05, 0.1) is 6.04 Å². The first-order chi connectivity index (χ1) is 14.4. The molecule has 0 aromatic rings. The van der Waals surface area contributed by atoms with Gasteiger partial charge in [-0.05, 0) is 38.9 Å². The average Bonchev–Trinajstić information content (AvgIpc) is 3.57. The monoisotopic (exact) mass is 461 g/mol. The van der Waals surface area contributed by atoms with E-state index in [1.54, 1.807) is 6.92 Å². The number of carboxylic acids is 1. The van der Waals surface area contributed by atoms with Crippen LogP contribution in [0, 0.1) is 5.92 Å². The van der Waals surface area contributed by atoms with Crippen molar-refractivity contribution in [2.24, 2.45) is 17.4 Å². The highest BCUT2D eigenvalue weighted by Gasteiger charge is 2.58. The number of carbonyl (C=O) groups is 2. The molecule has 3 rings (SSSR count). The summed E-state index contributed by atoms with van der Waals surface area (Å²) >= 11 is 0. The van der Waals surface area contributed by atoms with Crippen LogP contribution in [0.15, 0.2) is 0 Å². The van der Waals surface area contributed by atoms with Crippen LogP contribution in [0.2, 0.25) is 6.32 Å². The fourth-order valence-corrected chi connectivity index (χ4v) is 6.41. The number of hydrogen-bond donors (Lipinski definition) is 6. The summed E-state index contributed by atoms with van der Waals surface area (Å²) in [6.07, 6.45) is 2.52. The van der Waals surface area contributed by atoms with Gasteiger partial charge in [-0.3, -0.25) is 9.59 Å². The van der Waals surface area contributed by atoms with Gasteiger partial charge in [0.15, 0.2) is 0 Å². The Morgan fingerprint density at radius 3 is 2.52 bits per heavy atom. The van der Waals surface area contributed by atoms with Crippen molar-refractivity contribution >= 4 is 29.2 Å². The van der Waals surface area contributed by atoms with E-state index in [-0.39, 0.29) is 49.9 Å². The lowest BCUT2D eigenvalue weighted by atomic mass is 9.78. The van der Waals surface area contributed by atoms with Crippen LogP contribution in [-0.4, -0.2) is 94.0 Å².